The molecule has 1 aliphatic rings. The van der Waals surface area contributed by atoms with Crippen LogP contribution in [0.2, 0.25) is 0 Å². The predicted octanol–water partition coefficient (Wildman–Crippen LogP) is 2.32. The van der Waals surface area contributed by atoms with E-state index < -0.39 is 0 Å². The molecule has 0 saturated heterocycles. The summed E-state index contributed by atoms with van der Waals surface area (Å²) in [5.74, 6) is 0.850. The maximum absolute atomic E-state index is 9.46. The van der Waals surface area contributed by atoms with Crippen molar-refractivity contribution in [2.75, 3.05) is 13.2 Å². The Morgan fingerprint density at radius 3 is 2.50 bits per heavy atom. The van der Waals surface area contributed by atoms with E-state index in [9.17, 15) is 5.11 Å². The Hall–Kier alpha value is -0.0800. The van der Waals surface area contributed by atoms with Gasteiger partial charge in [0.15, 0.2) is 0 Å². The van der Waals surface area contributed by atoms with Gasteiger partial charge in [-0.3, -0.25) is 0 Å². The molecule has 2 N–H and O–H groups in total. The number of hydrogen-bond donors (Lipinski definition) is 2. The second-order valence-electron chi connectivity index (χ2n) is 4.90. The van der Waals surface area contributed by atoms with Crippen molar-refractivity contribution in [2.45, 2.75) is 57.9 Å². The SMILES string of the molecule is CCCCNC1(CO)CCC(C)CC1. The summed E-state index contributed by atoms with van der Waals surface area (Å²) in [6.45, 7) is 5.89. The van der Waals surface area contributed by atoms with Crippen LogP contribution in [0.25, 0.3) is 0 Å². The summed E-state index contributed by atoms with van der Waals surface area (Å²) in [7, 11) is 0. The Morgan fingerprint density at radius 1 is 1.36 bits per heavy atom. The van der Waals surface area contributed by atoms with E-state index in [1.165, 1.54) is 25.7 Å². The van der Waals surface area contributed by atoms with Gasteiger partial charge in [0.25, 0.3) is 0 Å². The molecule has 1 saturated carbocycles. The highest BCUT2D eigenvalue weighted by molar-refractivity contribution is 4.91. The summed E-state index contributed by atoms with van der Waals surface area (Å²) >= 11 is 0. The average molecular weight is 199 g/mol. The molecular weight excluding hydrogens is 174 g/mol. The van der Waals surface area contributed by atoms with Gasteiger partial charge in [0, 0.05) is 5.54 Å². The fraction of sp³-hybridized carbons (Fsp3) is 1.00. The standard InChI is InChI=1S/C12H25NO/c1-3-4-9-13-12(10-14)7-5-11(2)6-8-12/h11,13-14H,3-10H2,1-2H3. The van der Waals surface area contributed by atoms with Gasteiger partial charge in [0.1, 0.15) is 0 Å². The van der Waals surface area contributed by atoms with E-state index in [0.717, 1.165) is 25.3 Å². The van der Waals surface area contributed by atoms with Crippen molar-refractivity contribution >= 4 is 0 Å². The lowest BCUT2D eigenvalue weighted by Crippen LogP contribution is -2.51. The van der Waals surface area contributed by atoms with Crippen molar-refractivity contribution in [1.82, 2.24) is 5.32 Å². The Morgan fingerprint density at radius 2 is 2.00 bits per heavy atom. The van der Waals surface area contributed by atoms with Crippen LogP contribution in [0.15, 0.2) is 0 Å². The van der Waals surface area contributed by atoms with E-state index in [1.54, 1.807) is 0 Å². The van der Waals surface area contributed by atoms with Crippen LogP contribution in [0, 0.1) is 5.92 Å². The van der Waals surface area contributed by atoms with Crippen LogP contribution in [-0.4, -0.2) is 23.8 Å². The summed E-state index contributed by atoms with van der Waals surface area (Å²) in [4.78, 5) is 0. The third-order valence-corrected chi connectivity index (χ3v) is 3.56. The molecule has 0 aromatic rings. The van der Waals surface area contributed by atoms with Crippen LogP contribution in [0.1, 0.15) is 52.4 Å². The topological polar surface area (TPSA) is 32.3 Å². The van der Waals surface area contributed by atoms with Crippen LogP contribution in [-0.2, 0) is 0 Å². The molecule has 0 amide bonds. The van der Waals surface area contributed by atoms with Gasteiger partial charge in [0.2, 0.25) is 0 Å². The van der Waals surface area contributed by atoms with Crippen LogP contribution in [0.4, 0.5) is 0 Å². The van der Waals surface area contributed by atoms with Gasteiger partial charge >= 0.3 is 0 Å². The molecule has 1 rings (SSSR count). The number of nitrogens with one attached hydrogen (secondary N) is 1. The Bertz CT molecular complexity index is 150. The molecule has 1 aliphatic carbocycles. The zero-order chi connectivity index (χ0) is 10.4. The van der Waals surface area contributed by atoms with Gasteiger partial charge in [-0.15, -0.1) is 0 Å². The lowest BCUT2D eigenvalue weighted by Gasteiger charge is -2.39. The minimum absolute atomic E-state index is 0.0572. The Balaban J connectivity index is 2.34. The summed E-state index contributed by atoms with van der Waals surface area (Å²) in [6.07, 6.45) is 7.27. The smallest absolute Gasteiger partial charge is 0.0613 e. The molecule has 1 fully saturated rings. The molecular formula is C12H25NO. The first kappa shape index (κ1) is 12.0. The molecule has 0 unspecified atom stereocenters. The maximum Gasteiger partial charge on any atom is 0.0613 e. The molecule has 0 heterocycles. The van der Waals surface area contributed by atoms with Crippen LogP contribution in [0.3, 0.4) is 0 Å². The second kappa shape index (κ2) is 5.72. The van der Waals surface area contributed by atoms with Crippen molar-refractivity contribution in [3.05, 3.63) is 0 Å². The van der Waals surface area contributed by atoms with Gasteiger partial charge in [-0.25, -0.2) is 0 Å². The number of hydrogen-bond acceptors (Lipinski definition) is 2. The predicted molar refractivity (Wildman–Crippen MR) is 60.4 cm³/mol. The van der Waals surface area contributed by atoms with E-state index in [4.69, 9.17) is 0 Å². The van der Waals surface area contributed by atoms with Crippen molar-refractivity contribution in [1.29, 1.82) is 0 Å². The fourth-order valence-corrected chi connectivity index (χ4v) is 2.24. The highest BCUT2D eigenvalue weighted by atomic mass is 16.3. The fourth-order valence-electron chi connectivity index (χ4n) is 2.24. The largest absolute Gasteiger partial charge is 0.394 e. The van der Waals surface area contributed by atoms with E-state index in [1.807, 2.05) is 0 Å². The summed E-state index contributed by atoms with van der Waals surface area (Å²) < 4.78 is 0. The van der Waals surface area contributed by atoms with Crippen LogP contribution < -0.4 is 5.32 Å². The zero-order valence-electron chi connectivity index (χ0n) is 9.68. The molecule has 0 atom stereocenters. The molecule has 0 aromatic carbocycles. The quantitative estimate of drug-likeness (QED) is 0.666. The molecule has 0 spiro atoms. The Kier molecular flexibility index (Phi) is 4.90. The highest BCUT2D eigenvalue weighted by Gasteiger charge is 2.32. The van der Waals surface area contributed by atoms with Crippen LogP contribution in [0.5, 0.6) is 0 Å². The lowest BCUT2D eigenvalue weighted by molar-refractivity contribution is 0.106. The van der Waals surface area contributed by atoms with E-state index >= 15 is 0 Å². The zero-order valence-corrected chi connectivity index (χ0v) is 9.68. The number of rotatable bonds is 5. The van der Waals surface area contributed by atoms with Crippen molar-refractivity contribution in [2.24, 2.45) is 5.92 Å². The third-order valence-electron chi connectivity index (χ3n) is 3.56. The highest BCUT2D eigenvalue weighted by Crippen LogP contribution is 2.31. The third kappa shape index (κ3) is 3.25. The van der Waals surface area contributed by atoms with Gasteiger partial charge in [-0.2, -0.15) is 0 Å². The molecule has 0 aliphatic heterocycles. The molecule has 0 aromatic heterocycles. The van der Waals surface area contributed by atoms with Crippen LogP contribution >= 0.6 is 0 Å². The summed E-state index contributed by atoms with van der Waals surface area (Å²) in [6, 6.07) is 0. The second-order valence-corrected chi connectivity index (χ2v) is 4.90. The average Bonchev–Trinajstić information content (AvgIpc) is 2.22. The first-order chi connectivity index (χ1) is 6.72. The van der Waals surface area contributed by atoms with Gasteiger partial charge in [-0.1, -0.05) is 20.3 Å². The Labute approximate surface area is 88.1 Å². The van der Waals surface area contributed by atoms with Gasteiger partial charge in [-0.05, 0) is 44.6 Å². The summed E-state index contributed by atoms with van der Waals surface area (Å²) in [5.41, 5.74) is 0.0572. The minimum atomic E-state index is 0.0572. The molecule has 0 bridgehead atoms. The minimum Gasteiger partial charge on any atom is -0.394 e. The number of aliphatic hydroxyl groups is 1. The number of aliphatic hydroxyl groups excluding tert-OH is 1. The van der Waals surface area contributed by atoms with E-state index in [2.05, 4.69) is 19.2 Å². The van der Waals surface area contributed by atoms with Gasteiger partial charge in [0.05, 0.1) is 6.61 Å². The monoisotopic (exact) mass is 199 g/mol. The molecule has 2 heteroatoms. The van der Waals surface area contributed by atoms with E-state index in [0.29, 0.717) is 6.61 Å². The normalized spacial score (nSPS) is 33.2. The summed E-state index contributed by atoms with van der Waals surface area (Å²) in [5, 5.41) is 13.0. The molecule has 84 valence electrons. The lowest BCUT2D eigenvalue weighted by atomic mass is 9.77. The molecule has 2 nitrogen and oxygen atoms in total. The molecule has 14 heavy (non-hydrogen) atoms. The van der Waals surface area contributed by atoms with E-state index in [-0.39, 0.29) is 5.54 Å². The maximum atomic E-state index is 9.46. The van der Waals surface area contributed by atoms with Crippen molar-refractivity contribution in [3.63, 3.8) is 0 Å². The number of unbranched alkanes of at least 4 members (excludes halogenated alkanes) is 1. The first-order valence-electron chi connectivity index (χ1n) is 6.08. The van der Waals surface area contributed by atoms with Gasteiger partial charge < -0.3 is 10.4 Å². The molecule has 0 radical (unpaired) electrons. The van der Waals surface area contributed by atoms with Crippen molar-refractivity contribution in [3.8, 4) is 0 Å². The van der Waals surface area contributed by atoms with Crippen molar-refractivity contribution < 1.29 is 5.11 Å². The first-order valence-corrected chi connectivity index (χ1v) is 6.08.